The third kappa shape index (κ3) is 4.08. The number of hydrogen-bond acceptors (Lipinski definition) is 2. The third-order valence-electron chi connectivity index (χ3n) is 2.86. The quantitative estimate of drug-likeness (QED) is 0.645. The number of hydrogen-bond donors (Lipinski definition) is 1. The van der Waals surface area contributed by atoms with Crippen molar-refractivity contribution >= 4 is 22.9 Å². The summed E-state index contributed by atoms with van der Waals surface area (Å²) in [6.07, 6.45) is -0.490. The van der Waals surface area contributed by atoms with E-state index < -0.39 is 17.7 Å². The summed E-state index contributed by atoms with van der Waals surface area (Å²) in [6.45, 7) is 0. The molecule has 2 aromatic rings. The van der Waals surface area contributed by atoms with Crippen molar-refractivity contribution in [3.8, 4) is 0 Å². The largest absolute Gasteiger partial charge is 0.478 e. The van der Waals surface area contributed by atoms with E-state index in [0.717, 1.165) is 23.8 Å². The summed E-state index contributed by atoms with van der Waals surface area (Å²) in [5.41, 5.74) is 1.34. The zero-order valence-electron chi connectivity index (χ0n) is 11.2. The van der Waals surface area contributed by atoms with Gasteiger partial charge in [-0.25, -0.2) is 4.79 Å². The van der Waals surface area contributed by atoms with Crippen LogP contribution in [0.15, 0.2) is 59.3 Å². The van der Waals surface area contributed by atoms with E-state index in [0.29, 0.717) is 11.1 Å². The van der Waals surface area contributed by atoms with Crippen LogP contribution in [0.1, 0.15) is 16.7 Å². The Balaban J connectivity index is 2.40. The molecule has 0 aliphatic carbocycles. The predicted molar refractivity (Wildman–Crippen MR) is 79.6 cm³/mol. The van der Waals surface area contributed by atoms with Crippen LogP contribution in [0.2, 0.25) is 0 Å². The van der Waals surface area contributed by atoms with Gasteiger partial charge in [-0.3, -0.25) is 0 Å². The molecule has 0 aliphatic heterocycles. The summed E-state index contributed by atoms with van der Waals surface area (Å²) in [5.74, 6) is -1.09. The summed E-state index contributed by atoms with van der Waals surface area (Å²) < 4.78 is 37.8. The van der Waals surface area contributed by atoms with E-state index >= 15 is 0 Å². The molecule has 0 aliphatic rings. The van der Waals surface area contributed by atoms with E-state index in [4.69, 9.17) is 5.11 Å². The zero-order valence-corrected chi connectivity index (χ0v) is 12.0. The molecule has 0 spiro atoms. The van der Waals surface area contributed by atoms with Gasteiger partial charge in [0, 0.05) is 6.08 Å². The molecule has 22 heavy (non-hydrogen) atoms. The van der Waals surface area contributed by atoms with Gasteiger partial charge in [0.1, 0.15) is 0 Å². The molecule has 114 valence electrons. The van der Waals surface area contributed by atoms with Gasteiger partial charge in [-0.2, -0.15) is 24.5 Å². The standard InChI is InChI=1S/C16H11F3O2S/c17-16(18,19)13-6-4-11(5-7-13)14(2-1-3-15(20)21)12-8-9-22-10-12/h1-10H,(H,20,21)/b3-1+,14-2+. The summed E-state index contributed by atoms with van der Waals surface area (Å²) in [4.78, 5) is 10.5. The fourth-order valence-corrected chi connectivity index (χ4v) is 2.50. The number of allylic oxidation sites excluding steroid dienone is 2. The molecule has 2 nitrogen and oxygen atoms in total. The van der Waals surface area contributed by atoms with Crippen molar-refractivity contribution in [2.24, 2.45) is 0 Å². The number of aliphatic carboxylic acids is 1. The maximum Gasteiger partial charge on any atom is 0.416 e. The molecule has 0 unspecified atom stereocenters. The van der Waals surface area contributed by atoms with Crippen molar-refractivity contribution in [2.45, 2.75) is 6.18 Å². The van der Waals surface area contributed by atoms with Crippen LogP contribution < -0.4 is 0 Å². The second-order valence-electron chi connectivity index (χ2n) is 4.36. The molecule has 0 fully saturated rings. The molecule has 6 heteroatoms. The van der Waals surface area contributed by atoms with Crippen molar-refractivity contribution < 1.29 is 23.1 Å². The van der Waals surface area contributed by atoms with E-state index in [2.05, 4.69) is 0 Å². The first-order valence-corrected chi connectivity index (χ1v) is 7.13. The van der Waals surface area contributed by atoms with Gasteiger partial charge in [-0.05, 0) is 45.7 Å². The lowest BCUT2D eigenvalue weighted by Crippen LogP contribution is -2.04. The van der Waals surface area contributed by atoms with Gasteiger partial charge < -0.3 is 5.11 Å². The molecule has 1 aromatic heterocycles. The molecule has 0 atom stereocenters. The highest BCUT2D eigenvalue weighted by Gasteiger charge is 2.30. The number of rotatable bonds is 4. The minimum Gasteiger partial charge on any atom is -0.478 e. The predicted octanol–water partition coefficient (Wildman–Crippen LogP) is 4.84. The minimum absolute atomic E-state index is 0.585. The smallest absolute Gasteiger partial charge is 0.416 e. The van der Waals surface area contributed by atoms with Gasteiger partial charge in [0.05, 0.1) is 5.56 Å². The number of carboxylic acids is 1. The maximum atomic E-state index is 12.6. The van der Waals surface area contributed by atoms with Crippen LogP contribution in [0.3, 0.4) is 0 Å². The van der Waals surface area contributed by atoms with Gasteiger partial charge in [0.25, 0.3) is 0 Å². The first-order chi connectivity index (χ1) is 10.4. The van der Waals surface area contributed by atoms with Crippen molar-refractivity contribution in [3.05, 3.63) is 76.0 Å². The molecule has 0 radical (unpaired) electrons. The number of carboxylic acid groups (broad SMARTS) is 1. The highest BCUT2D eigenvalue weighted by molar-refractivity contribution is 7.08. The molecule has 1 heterocycles. The maximum absolute atomic E-state index is 12.6. The highest BCUT2D eigenvalue weighted by Crippen LogP contribution is 2.31. The second kappa shape index (κ2) is 6.62. The Hall–Kier alpha value is -2.34. The lowest BCUT2D eigenvalue weighted by molar-refractivity contribution is -0.137. The SMILES string of the molecule is O=C(O)/C=C/C=C(\c1ccc(C(F)(F)F)cc1)c1ccsc1. The Bertz CT molecular complexity index is 696. The monoisotopic (exact) mass is 324 g/mol. The summed E-state index contributed by atoms with van der Waals surface area (Å²) >= 11 is 1.45. The lowest BCUT2D eigenvalue weighted by atomic mass is 9.98. The molecule has 1 N–H and O–H groups in total. The average molecular weight is 324 g/mol. The first kappa shape index (κ1) is 16.0. The molecule has 0 bridgehead atoms. The fraction of sp³-hybridized carbons (Fsp3) is 0.0625. The summed E-state index contributed by atoms with van der Waals surface area (Å²) in [5, 5.41) is 12.3. The van der Waals surface area contributed by atoms with E-state index in [1.165, 1.54) is 29.5 Å². The number of thiophene rings is 1. The number of halogens is 3. The van der Waals surface area contributed by atoms with Gasteiger partial charge in [-0.1, -0.05) is 24.3 Å². The highest BCUT2D eigenvalue weighted by atomic mass is 32.1. The van der Waals surface area contributed by atoms with Crippen LogP contribution in [-0.2, 0) is 11.0 Å². The Morgan fingerprint density at radius 3 is 2.27 bits per heavy atom. The number of benzene rings is 1. The topological polar surface area (TPSA) is 37.3 Å². The molecule has 2 rings (SSSR count). The Labute approximate surface area is 128 Å². The fourth-order valence-electron chi connectivity index (χ4n) is 1.84. The van der Waals surface area contributed by atoms with Crippen LogP contribution in [0, 0.1) is 0 Å². The van der Waals surface area contributed by atoms with Gasteiger partial charge in [0.2, 0.25) is 0 Å². The Morgan fingerprint density at radius 2 is 1.77 bits per heavy atom. The minimum atomic E-state index is -4.38. The summed E-state index contributed by atoms with van der Waals surface area (Å²) in [6, 6.07) is 6.59. The van der Waals surface area contributed by atoms with Crippen LogP contribution in [0.4, 0.5) is 13.2 Å². The molecular weight excluding hydrogens is 313 g/mol. The average Bonchev–Trinajstić information content (AvgIpc) is 2.96. The molecular formula is C16H11F3O2S. The number of carbonyl (C=O) groups is 1. The van der Waals surface area contributed by atoms with Crippen molar-refractivity contribution in [2.75, 3.05) is 0 Å². The first-order valence-electron chi connectivity index (χ1n) is 6.19. The van der Waals surface area contributed by atoms with Gasteiger partial charge in [0.15, 0.2) is 0 Å². The summed E-state index contributed by atoms with van der Waals surface area (Å²) in [7, 11) is 0. The van der Waals surface area contributed by atoms with Crippen LogP contribution >= 0.6 is 11.3 Å². The molecule has 0 amide bonds. The Kier molecular flexibility index (Phi) is 4.82. The zero-order chi connectivity index (χ0) is 16.2. The van der Waals surface area contributed by atoms with Gasteiger partial charge >= 0.3 is 12.1 Å². The van der Waals surface area contributed by atoms with E-state index in [1.54, 1.807) is 6.08 Å². The lowest BCUT2D eigenvalue weighted by Gasteiger charge is -2.09. The Morgan fingerprint density at radius 1 is 1.09 bits per heavy atom. The van der Waals surface area contributed by atoms with E-state index in [1.807, 2.05) is 16.8 Å². The van der Waals surface area contributed by atoms with Crippen molar-refractivity contribution in [3.63, 3.8) is 0 Å². The van der Waals surface area contributed by atoms with Crippen molar-refractivity contribution in [1.82, 2.24) is 0 Å². The number of alkyl halides is 3. The van der Waals surface area contributed by atoms with Crippen molar-refractivity contribution in [1.29, 1.82) is 0 Å². The van der Waals surface area contributed by atoms with Crippen LogP contribution in [-0.4, -0.2) is 11.1 Å². The van der Waals surface area contributed by atoms with Gasteiger partial charge in [-0.15, -0.1) is 0 Å². The van der Waals surface area contributed by atoms with E-state index in [-0.39, 0.29) is 0 Å². The van der Waals surface area contributed by atoms with Crippen LogP contribution in [0.5, 0.6) is 0 Å². The van der Waals surface area contributed by atoms with E-state index in [9.17, 15) is 18.0 Å². The van der Waals surface area contributed by atoms with Crippen LogP contribution in [0.25, 0.3) is 5.57 Å². The molecule has 1 aromatic carbocycles. The third-order valence-corrected chi connectivity index (χ3v) is 3.54. The normalized spacial score (nSPS) is 12.8. The second-order valence-corrected chi connectivity index (χ2v) is 5.14. The molecule has 0 saturated carbocycles. The molecule has 0 saturated heterocycles.